The first-order chi connectivity index (χ1) is 11.7. The Hall–Kier alpha value is -2.13. The van der Waals surface area contributed by atoms with E-state index in [1.807, 2.05) is 36.4 Å². The summed E-state index contributed by atoms with van der Waals surface area (Å²) in [5, 5.41) is 4.21. The van der Waals surface area contributed by atoms with Crippen LogP contribution in [-0.4, -0.2) is 6.67 Å². The fourth-order valence-corrected chi connectivity index (χ4v) is 3.46. The van der Waals surface area contributed by atoms with Crippen molar-refractivity contribution in [3.05, 3.63) is 106 Å². The van der Waals surface area contributed by atoms with Crippen LogP contribution in [0.15, 0.2) is 78.9 Å². The minimum absolute atomic E-state index is 0.327. The molecule has 0 aliphatic carbocycles. The van der Waals surface area contributed by atoms with Crippen LogP contribution in [0, 0.1) is 6.92 Å². The van der Waals surface area contributed by atoms with Crippen LogP contribution in [-0.2, 0) is 5.54 Å². The van der Waals surface area contributed by atoms with Crippen molar-refractivity contribution in [1.29, 1.82) is 0 Å². The van der Waals surface area contributed by atoms with Gasteiger partial charge >= 0.3 is 0 Å². The summed E-state index contributed by atoms with van der Waals surface area (Å²) in [5.41, 5.74) is 9.78. The van der Waals surface area contributed by atoms with Gasteiger partial charge in [-0.2, -0.15) is 0 Å². The van der Waals surface area contributed by atoms with Gasteiger partial charge in [0, 0.05) is 11.7 Å². The van der Waals surface area contributed by atoms with E-state index in [-0.39, 0.29) is 0 Å². The monoisotopic (exact) mass is 336 g/mol. The molecule has 0 saturated heterocycles. The lowest BCUT2D eigenvalue weighted by Gasteiger charge is -2.37. The van der Waals surface area contributed by atoms with Gasteiger partial charge in [-0.25, -0.2) is 0 Å². The molecule has 122 valence electrons. The number of rotatable bonds is 5. The summed E-state index contributed by atoms with van der Waals surface area (Å²) in [5.74, 6) is 0. The number of aryl methyl sites for hydroxylation is 1. The molecule has 3 aromatic carbocycles. The molecule has 0 aromatic heterocycles. The van der Waals surface area contributed by atoms with E-state index in [0.29, 0.717) is 11.7 Å². The lowest BCUT2D eigenvalue weighted by atomic mass is 9.77. The van der Waals surface area contributed by atoms with Crippen molar-refractivity contribution in [2.45, 2.75) is 12.5 Å². The molecule has 3 N–H and O–H groups in total. The maximum absolute atomic E-state index is 6.59. The number of hydrogen-bond acceptors (Lipinski definition) is 2. The number of halogens is 1. The van der Waals surface area contributed by atoms with Crippen LogP contribution in [0.5, 0.6) is 0 Å². The quantitative estimate of drug-likeness (QED) is 0.533. The SMILES string of the molecule is Cc1ccc(C(NCN)(c2ccccc2)c2ccccc2Cl)cc1. The maximum atomic E-state index is 6.59. The number of benzene rings is 3. The first-order valence-corrected chi connectivity index (χ1v) is 8.39. The molecule has 3 rings (SSSR count). The van der Waals surface area contributed by atoms with Gasteiger partial charge in [-0.05, 0) is 29.7 Å². The molecular formula is C21H21ClN2. The Morgan fingerprint density at radius 1 is 0.833 bits per heavy atom. The third-order valence-corrected chi connectivity index (χ3v) is 4.67. The van der Waals surface area contributed by atoms with E-state index in [2.05, 4.69) is 54.7 Å². The van der Waals surface area contributed by atoms with E-state index < -0.39 is 5.54 Å². The molecule has 3 aromatic rings. The molecule has 0 aliphatic rings. The van der Waals surface area contributed by atoms with Crippen LogP contribution in [0.1, 0.15) is 22.3 Å². The van der Waals surface area contributed by atoms with Crippen molar-refractivity contribution < 1.29 is 0 Å². The zero-order valence-electron chi connectivity index (χ0n) is 13.7. The van der Waals surface area contributed by atoms with E-state index in [0.717, 1.165) is 16.7 Å². The largest absolute Gasteiger partial charge is 0.318 e. The highest BCUT2D eigenvalue weighted by molar-refractivity contribution is 6.31. The molecule has 24 heavy (non-hydrogen) atoms. The van der Waals surface area contributed by atoms with Crippen molar-refractivity contribution >= 4 is 11.6 Å². The molecule has 0 bridgehead atoms. The molecule has 2 nitrogen and oxygen atoms in total. The van der Waals surface area contributed by atoms with Crippen LogP contribution >= 0.6 is 11.6 Å². The maximum Gasteiger partial charge on any atom is 0.0972 e. The van der Waals surface area contributed by atoms with E-state index >= 15 is 0 Å². The minimum atomic E-state index is -0.595. The molecule has 0 fully saturated rings. The average molecular weight is 337 g/mol. The Kier molecular flexibility index (Phi) is 5.00. The number of hydrogen-bond donors (Lipinski definition) is 2. The number of nitrogens with two attached hydrogens (primary N) is 1. The van der Waals surface area contributed by atoms with E-state index in [9.17, 15) is 0 Å². The molecule has 0 aliphatic heterocycles. The average Bonchev–Trinajstić information content (AvgIpc) is 2.62. The predicted molar refractivity (Wildman–Crippen MR) is 101 cm³/mol. The highest BCUT2D eigenvalue weighted by Crippen LogP contribution is 2.39. The first kappa shape index (κ1) is 16.7. The molecule has 0 saturated carbocycles. The van der Waals surface area contributed by atoms with Crippen molar-refractivity contribution in [2.75, 3.05) is 6.67 Å². The second-order valence-corrected chi connectivity index (χ2v) is 6.25. The van der Waals surface area contributed by atoms with E-state index in [1.54, 1.807) is 0 Å². The Morgan fingerprint density at radius 2 is 1.42 bits per heavy atom. The van der Waals surface area contributed by atoms with Crippen LogP contribution < -0.4 is 11.1 Å². The summed E-state index contributed by atoms with van der Waals surface area (Å²) in [4.78, 5) is 0. The lowest BCUT2D eigenvalue weighted by molar-refractivity contribution is 0.482. The smallest absolute Gasteiger partial charge is 0.0972 e. The van der Waals surface area contributed by atoms with Gasteiger partial charge in [0.1, 0.15) is 0 Å². The highest BCUT2D eigenvalue weighted by Gasteiger charge is 2.37. The lowest BCUT2D eigenvalue weighted by Crippen LogP contribution is -2.47. The third kappa shape index (κ3) is 2.96. The van der Waals surface area contributed by atoms with Crippen molar-refractivity contribution in [3.8, 4) is 0 Å². The van der Waals surface area contributed by atoms with Gasteiger partial charge in [-0.3, -0.25) is 5.32 Å². The van der Waals surface area contributed by atoms with Gasteiger partial charge in [0.25, 0.3) is 0 Å². The van der Waals surface area contributed by atoms with Crippen LogP contribution in [0.25, 0.3) is 0 Å². The Labute approximate surface area is 148 Å². The van der Waals surface area contributed by atoms with Gasteiger partial charge < -0.3 is 5.73 Å². The minimum Gasteiger partial charge on any atom is -0.318 e. The van der Waals surface area contributed by atoms with Crippen LogP contribution in [0.2, 0.25) is 5.02 Å². The topological polar surface area (TPSA) is 38.0 Å². The standard InChI is InChI=1S/C21H21ClN2/c1-16-11-13-18(14-12-16)21(24-15-23,17-7-3-2-4-8-17)19-9-5-6-10-20(19)22/h2-14,24H,15,23H2,1H3. The first-order valence-electron chi connectivity index (χ1n) is 8.01. The van der Waals surface area contributed by atoms with Crippen molar-refractivity contribution in [2.24, 2.45) is 5.73 Å². The van der Waals surface area contributed by atoms with E-state index in [4.69, 9.17) is 17.3 Å². The second kappa shape index (κ2) is 7.18. The second-order valence-electron chi connectivity index (χ2n) is 5.84. The molecule has 3 heteroatoms. The molecule has 1 atom stereocenters. The van der Waals surface area contributed by atoms with Gasteiger partial charge in [0.2, 0.25) is 0 Å². The van der Waals surface area contributed by atoms with E-state index in [1.165, 1.54) is 5.56 Å². The summed E-state index contributed by atoms with van der Waals surface area (Å²) in [6.45, 7) is 2.41. The molecule has 0 amide bonds. The zero-order chi connectivity index (χ0) is 17.0. The Balaban J connectivity index is 2.33. The normalized spacial score (nSPS) is 13.5. The fraction of sp³-hybridized carbons (Fsp3) is 0.143. The molecule has 0 heterocycles. The molecular weight excluding hydrogens is 316 g/mol. The molecule has 0 spiro atoms. The summed E-state index contributed by atoms with van der Waals surface area (Å²) in [7, 11) is 0. The third-order valence-electron chi connectivity index (χ3n) is 4.34. The Bertz CT molecular complexity index is 800. The van der Waals surface area contributed by atoms with Crippen LogP contribution in [0.3, 0.4) is 0 Å². The Morgan fingerprint density at radius 3 is 2.04 bits per heavy atom. The summed E-state index contributed by atoms with van der Waals surface area (Å²) >= 11 is 6.59. The van der Waals surface area contributed by atoms with Gasteiger partial charge in [0.15, 0.2) is 0 Å². The summed E-state index contributed by atoms with van der Waals surface area (Å²) in [6, 6.07) is 26.7. The van der Waals surface area contributed by atoms with Crippen LogP contribution in [0.4, 0.5) is 0 Å². The molecule has 0 radical (unpaired) electrons. The fourth-order valence-electron chi connectivity index (χ4n) is 3.19. The summed E-state index contributed by atoms with van der Waals surface area (Å²) < 4.78 is 0. The molecule has 1 unspecified atom stereocenters. The van der Waals surface area contributed by atoms with Gasteiger partial charge in [-0.1, -0.05) is 90.0 Å². The zero-order valence-corrected chi connectivity index (χ0v) is 14.4. The predicted octanol–water partition coefficient (Wildman–Crippen LogP) is 4.45. The van der Waals surface area contributed by atoms with Crippen molar-refractivity contribution in [1.82, 2.24) is 5.32 Å². The highest BCUT2D eigenvalue weighted by atomic mass is 35.5. The summed E-state index contributed by atoms with van der Waals surface area (Å²) in [6.07, 6.45) is 0. The van der Waals surface area contributed by atoms with Gasteiger partial charge in [0.05, 0.1) is 5.54 Å². The van der Waals surface area contributed by atoms with Crippen molar-refractivity contribution in [3.63, 3.8) is 0 Å². The number of nitrogens with one attached hydrogen (secondary N) is 1. The van der Waals surface area contributed by atoms with Gasteiger partial charge in [-0.15, -0.1) is 0 Å².